The number of aromatic hydroxyl groups is 1. The van der Waals surface area contributed by atoms with Crippen molar-refractivity contribution in [1.29, 1.82) is 0 Å². The molecule has 10 nitrogen and oxygen atoms in total. The van der Waals surface area contributed by atoms with Gasteiger partial charge in [0, 0.05) is 0 Å². The zero-order chi connectivity index (χ0) is 18.6. The van der Waals surface area contributed by atoms with E-state index in [1.807, 2.05) is 5.43 Å². The molecule has 25 heavy (non-hydrogen) atoms. The molecule has 0 aromatic heterocycles. The molecule has 0 saturated carbocycles. The van der Waals surface area contributed by atoms with Crippen LogP contribution in [0.15, 0.2) is 47.4 Å². The van der Waals surface area contributed by atoms with Crippen molar-refractivity contribution >= 4 is 21.6 Å². The summed E-state index contributed by atoms with van der Waals surface area (Å²) < 4.78 is 29.3. The second-order valence-electron chi connectivity index (χ2n) is 4.67. The number of sulfonamides is 1. The molecule has 2 aromatic carbocycles. The summed E-state index contributed by atoms with van der Waals surface area (Å²) in [5.74, 6) is -1.18. The molecule has 0 aliphatic rings. The quantitative estimate of drug-likeness (QED) is 0.508. The number of hydrazine groups is 1. The first-order valence-electron chi connectivity index (χ1n) is 6.69. The summed E-state index contributed by atoms with van der Waals surface area (Å²) in [6.45, 7) is 0. The van der Waals surface area contributed by atoms with Crippen LogP contribution < -0.4 is 15.0 Å². The van der Waals surface area contributed by atoms with E-state index in [1.54, 1.807) is 4.83 Å². The molecule has 0 unspecified atom stereocenters. The number of phenolic OH excluding ortho intramolecular Hbond substituents is 1. The number of carbonyl (C=O) groups excluding carboxylic acids is 1. The highest BCUT2D eigenvalue weighted by Crippen LogP contribution is 2.28. The number of carbonyl (C=O) groups is 1. The molecule has 0 saturated heterocycles. The van der Waals surface area contributed by atoms with Gasteiger partial charge in [-0.3, -0.25) is 20.3 Å². The first kappa shape index (κ1) is 18.2. The molecule has 11 heteroatoms. The van der Waals surface area contributed by atoms with Crippen molar-refractivity contribution in [3.8, 4) is 11.5 Å². The summed E-state index contributed by atoms with van der Waals surface area (Å²) in [6, 6.07) is 8.62. The zero-order valence-electron chi connectivity index (χ0n) is 12.8. The number of methoxy groups -OCH3 is 1. The minimum Gasteiger partial charge on any atom is -0.507 e. The van der Waals surface area contributed by atoms with E-state index in [0.29, 0.717) is 0 Å². The molecule has 1 amide bonds. The molecule has 2 rings (SSSR count). The average Bonchev–Trinajstić information content (AvgIpc) is 2.59. The van der Waals surface area contributed by atoms with E-state index in [0.717, 1.165) is 12.1 Å². The van der Waals surface area contributed by atoms with Crippen molar-refractivity contribution in [1.82, 2.24) is 10.3 Å². The molecule has 0 radical (unpaired) electrons. The van der Waals surface area contributed by atoms with Crippen LogP contribution in [0, 0.1) is 10.1 Å². The predicted octanol–water partition coefficient (Wildman–Crippen LogP) is 0.932. The number of nitro groups is 1. The Morgan fingerprint density at radius 1 is 1.24 bits per heavy atom. The van der Waals surface area contributed by atoms with Gasteiger partial charge in [-0.1, -0.05) is 12.1 Å². The van der Waals surface area contributed by atoms with E-state index >= 15 is 0 Å². The van der Waals surface area contributed by atoms with Gasteiger partial charge in [0.1, 0.15) is 11.5 Å². The summed E-state index contributed by atoms with van der Waals surface area (Å²) in [7, 11) is -3.16. The highest BCUT2D eigenvalue weighted by molar-refractivity contribution is 7.89. The van der Waals surface area contributed by atoms with Gasteiger partial charge in [-0.2, -0.15) is 0 Å². The van der Waals surface area contributed by atoms with Gasteiger partial charge in [-0.05, 0) is 24.3 Å². The lowest BCUT2D eigenvalue weighted by molar-refractivity contribution is -0.387. The van der Waals surface area contributed by atoms with Gasteiger partial charge in [0.15, 0.2) is 4.90 Å². The van der Waals surface area contributed by atoms with Crippen LogP contribution in [0.4, 0.5) is 5.69 Å². The van der Waals surface area contributed by atoms with Gasteiger partial charge in [-0.15, -0.1) is 4.83 Å². The number of rotatable bonds is 6. The Hall–Kier alpha value is -3.18. The number of hydrogen-bond acceptors (Lipinski definition) is 7. The monoisotopic (exact) mass is 367 g/mol. The maximum Gasteiger partial charge on any atom is 0.293 e. The van der Waals surface area contributed by atoms with Gasteiger partial charge in [-0.25, -0.2) is 8.42 Å². The van der Waals surface area contributed by atoms with Crippen molar-refractivity contribution in [2.45, 2.75) is 4.90 Å². The first-order valence-corrected chi connectivity index (χ1v) is 8.17. The summed E-state index contributed by atoms with van der Waals surface area (Å²) in [4.78, 5) is 23.2. The first-order chi connectivity index (χ1) is 11.8. The molecule has 2 aromatic rings. The number of amides is 1. The standard InChI is InChI=1S/C14H13N3O7S/c1-24-9-6-7-13(11(8-9)17(20)21)25(22,23)16-15-14(19)10-4-2-3-5-12(10)18/h2-8,16,18H,1H3,(H,15,19). The van der Waals surface area contributed by atoms with Crippen LogP contribution in [0.25, 0.3) is 0 Å². The van der Waals surface area contributed by atoms with Crippen LogP contribution in [-0.4, -0.2) is 31.5 Å². The fourth-order valence-corrected chi connectivity index (χ4v) is 2.89. The molecule has 0 aliphatic carbocycles. The SMILES string of the molecule is COc1ccc(S(=O)(=O)NNC(=O)c2ccccc2O)c([N+](=O)[O-])c1. The maximum absolute atomic E-state index is 12.2. The Balaban J connectivity index is 2.27. The van der Waals surface area contributed by atoms with E-state index in [9.17, 15) is 28.4 Å². The van der Waals surface area contributed by atoms with Crippen molar-refractivity contribution in [2.24, 2.45) is 0 Å². The van der Waals surface area contributed by atoms with Crippen LogP contribution >= 0.6 is 0 Å². The fourth-order valence-electron chi connectivity index (χ4n) is 1.90. The van der Waals surface area contributed by atoms with Crippen molar-refractivity contribution < 1.29 is 28.0 Å². The number of benzene rings is 2. The number of phenols is 1. The number of nitrogens with one attached hydrogen (secondary N) is 2. The molecule has 0 heterocycles. The number of nitrogens with zero attached hydrogens (tertiary/aromatic N) is 1. The number of para-hydroxylation sites is 1. The van der Waals surface area contributed by atoms with Crippen molar-refractivity contribution in [2.75, 3.05) is 7.11 Å². The normalized spacial score (nSPS) is 10.9. The minimum atomic E-state index is -4.44. The Bertz CT molecular complexity index is 928. The second kappa shape index (κ2) is 7.15. The minimum absolute atomic E-state index is 0.101. The number of ether oxygens (including phenoxy) is 1. The zero-order valence-corrected chi connectivity index (χ0v) is 13.6. The van der Waals surface area contributed by atoms with E-state index in [2.05, 4.69) is 0 Å². The van der Waals surface area contributed by atoms with Crippen LogP contribution in [0.5, 0.6) is 11.5 Å². The highest BCUT2D eigenvalue weighted by Gasteiger charge is 2.27. The molecule has 0 bridgehead atoms. The molecule has 0 atom stereocenters. The van der Waals surface area contributed by atoms with Gasteiger partial charge >= 0.3 is 0 Å². The summed E-state index contributed by atoms with van der Waals surface area (Å²) in [6.07, 6.45) is 0. The van der Waals surface area contributed by atoms with Crippen molar-refractivity contribution in [3.05, 3.63) is 58.1 Å². The summed E-state index contributed by atoms with van der Waals surface area (Å²) in [5.41, 5.74) is 0.992. The topological polar surface area (TPSA) is 148 Å². The van der Waals surface area contributed by atoms with Crippen LogP contribution in [0.3, 0.4) is 0 Å². The average molecular weight is 367 g/mol. The molecule has 0 aliphatic heterocycles. The lowest BCUT2D eigenvalue weighted by atomic mass is 10.2. The van der Waals surface area contributed by atoms with Gasteiger partial charge < -0.3 is 9.84 Å². The van der Waals surface area contributed by atoms with E-state index in [4.69, 9.17) is 4.74 Å². The maximum atomic E-state index is 12.2. The smallest absolute Gasteiger partial charge is 0.293 e. The Morgan fingerprint density at radius 2 is 1.92 bits per heavy atom. The number of nitro benzene ring substituents is 1. The molecule has 0 spiro atoms. The summed E-state index contributed by atoms with van der Waals surface area (Å²) >= 11 is 0. The van der Waals surface area contributed by atoms with E-state index < -0.39 is 31.4 Å². The Kier molecular flexibility index (Phi) is 5.20. The molecular weight excluding hydrogens is 354 g/mol. The molecule has 0 fully saturated rings. The van der Waals surface area contributed by atoms with Gasteiger partial charge in [0.25, 0.3) is 21.6 Å². The highest BCUT2D eigenvalue weighted by atomic mass is 32.2. The van der Waals surface area contributed by atoms with E-state index in [1.165, 1.54) is 37.4 Å². The third-order valence-corrected chi connectivity index (χ3v) is 4.39. The lowest BCUT2D eigenvalue weighted by Crippen LogP contribution is -2.41. The third-order valence-electron chi connectivity index (χ3n) is 3.10. The predicted molar refractivity (Wildman–Crippen MR) is 85.5 cm³/mol. The Morgan fingerprint density at radius 3 is 2.52 bits per heavy atom. The molecule has 3 N–H and O–H groups in total. The Labute approximate surface area is 142 Å². The van der Waals surface area contributed by atoms with Crippen LogP contribution in [-0.2, 0) is 10.0 Å². The lowest BCUT2D eigenvalue weighted by Gasteiger charge is -2.10. The second-order valence-corrected chi connectivity index (χ2v) is 6.32. The van der Waals surface area contributed by atoms with Crippen LogP contribution in [0.2, 0.25) is 0 Å². The van der Waals surface area contributed by atoms with E-state index in [-0.39, 0.29) is 17.1 Å². The molecule has 132 valence electrons. The third kappa shape index (κ3) is 4.02. The van der Waals surface area contributed by atoms with Gasteiger partial charge in [0.2, 0.25) is 0 Å². The van der Waals surface area contributed by atoms with Crippen molar-refractivity contribution in [3.63, 3.8) is 0 Å². The largest absolute Gasteiger partial charge is 0.507 e. The molecular formula is C14H13N3O7S. The fraction of sp³-hybridized carbons (Fsp3) is 0.0714. The summed E-state index contributed by atoms with van der Waals surface area (Å²) in [5, 5.41) is 20.6. The van der Waals surface area contributed by atoms with Crippen LogP contribution in [0.1, 0.15) is 10.4 Å². The van der Waals surface area contributed by atoms with Gasteiger partial charge in [0.05, 0.1) is 23.7 Å². The number of hydrogen-bond donors (Lipinski definition) is 3.